The van der Waals surface area contributed by atoms with Crippen LogP contribution in [0.5, 0.6) is 0 Å². The van der Waals surface area contributed by atoms with Gasteiger partial charge in [-0.1, -0.05) is 11.6 Å². The van der Waals surface area contributed by atoms with Gasteiger partial charge in [0, 0.05) is 5.02 Å². The minimum Gasteiger partial charge on any atom is -0.310 e. The smallest absolute Gasteiger partial charge is 0.310 e. The van der Waals surface area contributed by atoms with Gasteiger partial charge >= 0.3 is 5.37 Å². The van der Waals surface area contributed by atoms with Crippen LogP contribution < -0.4 is 5.32 Å². The number of carbonyl (C=O) groups excluding carboxylic acids is 1. The van der Waals surface area contributed by atoms with E-state index < -0.39 is 11.2 Å². The molecule has 0 heterocycles. The average Bonchev–Trinajstić information content (AvgIpc) is 1.94. The molecule has 5 heteroatoms. The van der Waals surface area contributed by atoms with E-state index in [1.165, 1.54) is 12.1 Å². The molecule has 0 unspecified atom stereocenters. The molecule has 0 atom stereocenters. The SMILES string of the molecule is O=C(Cl)Nc1ccc(Cl)cc1F. The summed E-state index contributed by atoms with van der Waals surface area (Å²) in [5.41, 5.74) is 0.0133. The number of hydrogen-bond donors (Lipinski definition) is 1. The Morgan fingerprint density at radius 3 is 2.67 bits per heavy atom. The summed E-state index contributed by atoms with van der Waals surface area (Å²) in [5, 5.41) is 1.52. The molecule has 0 fully saturated rings. The summed E-state index contributed by atoms with van der Waals surface area (Å²) in [7, 11) is 0. The molecule has 0 aliphatic heterocycles. The van der Waals surface area contributed by atoms with Crippen LogP contribution in [0.3, 0.4) is 0 Å². The molecule has 1 aromatic rings. The maximum absolute atomic E-state index is 12.9. The fourth-order valence-electron chi connectivity index (χ4n) is 0.697. The number of carbonyl (C=O) groups is 1. The fourth-order valence-corrected chi connectivity index (χ4v) is 0.957. The maximum Gasteiger partial charge on any atom is 0.318 e. The van der Waals surface area contributed by atoms with Gasteiger partial charge in [0.25, 0.3) is 0 Å². The van der Waals surface area contributed by atoms with Crippen LogP contribution in [0, 0.1) is 5.82 Å². The van der Waals surface area contributed by atoms with E-state index in [2.05, 4.69) is 5.32 Å². The van der Waals surface area contributed by atoms with Gasteiger partial charge in [-0.25, -0.2) is 4.39 Å². The van der Waals surface area contributed by atoms with Crippen molar-refractivity contribution in [3.05, 3.63) is 29.0 Å². The summed E-state index contributed by atoms with van der Waals surface area (Å²) in [6.45, 7) is 0. The van der Waals surface area contributed by atoms with Gasteiger partial charge in [-0.05, 0) is 29.8 Å². The number of amides is 1. The Kier molecular flexibility index (Phi) is 2.89. The monoisotopic (exact) mass is 207 g/mol. The largest absolute Gasteiger partial charge is 0.318 e. The van der Waals surface area contributed by atoms with Gasteiger partial charge in [-0.3, -0.25) is 4.79 Å². The van der Waals surface area contributed by atoms with Crippen LogP contribution in [0.15, 0.2) is 18.2 Å². The Morgan fingerprint density at radius 2 is 2.17 bits per heavy atom. The number of rotatable bonds is 1. The summed E-state index contributed by atoms with van der Waals surface area (Å²) < 4.78 is 12.9. The Morgan fingerprint density at radius 1 is 1.50 bits per heavy atom. The lowest BCUT2D eigenvalue weighted by Crippen LogP contribution is -2.02. The topological polar surface area (TPSA) is 29.1 Å². The predicted molar refractivity (Wildman–Crippen MR) is 46.3 cm³/mol. The van der Waals surface area contributed by atoms with E-state index in [9.17, 15) is 9.18 Å². The zero-order chi connectivity index (χ0) is 9.14. The number of anilines is 1. The molecular weight excluding hydrogens is 204 g/mol. The van der Waals surface area contributed by atoms with Crippen molar-refractivity contribution in [2.75, 3.05) is 5.32 Å². The molecule has 0 spiro atoms. The Balaban J connectivity index is 2.93. The second-order valence-electron chi connectivity index (χ2n) is 2.02. The molecule has 1 N–H and O–H groups in total. The minimum absolute atomic E-state index is 0.0133. The summed E-state index contributed by atoms with van der Waals surface area (Å²) in [5.74, 6) is -0.614. The Labute approximate surface area is 78.3 Å². The van der Waals surface area contributed by atoms with Crippen molar-refractivity contribution in [2.24, 2.45) is 0 Å². The molecule has 12 heavy (non-hydrogen) atoms. The minimum atomic E-state index is -0.837. The first-order valence-corrected chi connectivity index (χ1v) is 3.77. The average molecular weight is 208 g/mol. The van der Waals surface area contributed by atoms with E-state index in [1.807, 2.05) is 0 Å². The van der Waals surface area contributed by atoms with Gasteiger partial charge in [0.05, 0.1) is 5.69 Å². The van der Waals surface area contributed by atoms with Crippen molar-refractivity contribution >= 4 is 34.3 Å². The van der Waals surface area contributed by atoms with Crippen LogP contribution >= 0.6 is 23.2 Å². The summed E-state index contributed by atoms with van der Waals surface area (Å²) in [6.07, 6.45) is 0. The van der Waals surface area contributed by atoms with Crippen LogP contribution in [0.2, 0.25) is 5.02 Å². The van der Waals surface area contributed by atoms with Crippen molar-refractivity contribution in [1.29, 1.82) is 0 Å². The molecule has 0 saturated heterocycles. The first kappa shape index (κ1) is 9.29. The highest BCUT2D eigenvalue weighted by atomic mass is 35.5. The van der Waals surface area contributed by atoms with Gasteiger partial charge in [0.15, 0.2) is 0 Å². The van der Waals surface area contributed by atoms with Crippen molar-refractivity contribution < 1.29 is 9.18 Å². The highest BCUT2D eigenvalue weighted by molar-refractivity contribution is 6.65. The lowest BCUT2D eigenvalue weighted by Gasteiger charge is -2.01. The number of hydrogen-bond acceptors (Lipinski definition) is 1. The first-order chi connectivity index (χ1) is 5.59. The predicted octanol–water partition coefficient (Wildman–Crippen LogP) is 3.25. The fraction of sp³-hybridized carbons (Fsp3) is 0. The molecule has 2 nitrogen and oxygen atoms in total. The lowest BCUT2D eigenvalue weighted by molar-refractivity contribution is 0.269. The highest BCUT2D eigenvalue weighted by Crippen LogP contribution is 2.18. The third kappa shape index (κ3) is 2.36. The van der Waals surface area contributed by atoms with E-state index in [4.69, 9.17) is 23.2 Å². The van der Waals surface area contributed by atoms with Gasteiger partial charge < -0.3 is 5.32 Å². The van der Waals surface area contributed by atoms with Crippen LogP contribution in [0.1, 0.15) is 0 Å². The van der Waals surface area contributed by atoms with E-state index in [0.29, 0.717) is 0 Å². The second kappa shape index (κ2) is 3.74. The van der Waals surface area contributed by atoms with Gasteiger partial charge in [0.2, 0.25) is 0 Å². The lowest BCUT2D eigenvalue weighted by atomic mass is 10.3. The van der Waals surface area contributed by atoms with E-state index in [1.54, 1.807) is 0 Å². The zero-order valence-electron chi connectivity index (χ0n) is 5.77. The summed E-state index contributed by atoms with van der Waals surface area (Å²) >= 11 is 10.4. The zero-order valence-corrected chi connectivity index (χ0v) is 7.29. The van der Waals surface area contributed by atoms with Crippen molar-refractivity contribution in [1.82, 2.24) is 0 Å². The van der Waals surface area contributed by atoms with Gasteiger partial charge in [-0.2, -0.15) is 0 Å². The molecule has 0 aliphatic carbocycles. The summed E-state index contributed by atoms with van der Waals surface area (Å²) in [4.78, 5) is 10.3. The molecule has 0 saturated carbocycles. The summed E-state index contributed by atoms with van der Waals surface area (Å²) in [6, 6.07) is 3.87. The molecular formula is C7H4Cl2FNO. The van der Waals surface area contributed by atoms with E-state index >= 15 is 0 Å². The molecule has 64 valence electrons. The van der Waals surface area contributed by atoms with Crippen molar-refractivity contribution in [3.8, 4) is 0 Å². The molecule has 0 bridgehead atoms. The van der Waals surface area contributed by atoms with Crippen LogP contribution in [0.25, 0.3) is 0 Å². The Hall–Kier alpha value is -0.800. The van der Waals surface area contributed by atoms with Gasteiger partial charge in [-0.15, -0.1) is 0 Å². The molecule has 0 radical (unpaired) electrons. The normalized spacial score (nSPS) is 9.58. The molecule has 1 aromatic carbocycles. The third-order valence-corrected chi connectivity index (χ3v) is 1.49. The first-order valence-electron chi connectivity index (χ1n) is 3.01. The standard InChI is InChI=1S/C7H4Cl2FNO/c8-4-1-2-6(5(10)3-4)11-7(9)12/h1-3H,(H,11,12). The number of benzene rings is 1. The number of halogens is 3. The molecule has 0 aromatic heterocycles. The number of nitrogens with one attached hydrogen (secondary N) is 1. The molecule has 0 aliphatic rings. The highest BCUT2D eigenvalue weighted by Gasteiger charge is 2.04. The quantitative estimate of drug-likeness (QED) is 0.556. The van der Waals surface area contributed by atoms with E-state index in [-0.39, 0.29) is 10.7 Å². The maximum atomic E-state index is 12.9. The van der Waals surface area contributed by atoms with Crippen LogP contribution in [0.4, 0.5) is 14.9 Å². The third-order valence-electron chi connectivity index (χ3n) is 1.16. The second-order valence-corrected chi connectivity index (χ2v) is 2.80. The molecule has 1 amide bonds. The molecule has 1 rings (SSSR count). The van der Waals surface area contributed by atoms with Gasteiger partial charge in [0.1, 0.15) is 5.82 Å². The van der Waals surface area contributed by atoms with Crippen molar-refractivity contribution in [2.45, 2.75) is 0 Å². The van der Waals surface area contributed by atoms with E-state index in [0.717, 1.165) is 6.07 Å². The van der Waals surface area contributed by atoms with Crippen molar-refractivity contribution in [3.63, 3.8) is 0 Å². The Bertz CT molecular complexity index is 316. The van der Waals surface area contributed by atoms with Crippen LogP contribution in [-0.4, -0.2) is 5.37 Å². The van der Waals surface area contributed by atoms with Crippen LogP contribution in [-0.2, 0) is 0 Å².